The van der Waals surface area contributed by atoms with Crippen LogP contribution in [0.3, 0.4) is 0 Å². The summed E-state index contributed by atoms with van der Waals surface area (Å²) in [6.07, 6.45) is 2.23. The lowest BCUT2D eigenvalue weighted by Gasteiger charge is -2.32. The van der Waals surface area contributed by atoms with E-state index in [0.717, 1.165) is 24.8 Å². The lowest BCUT2D eigenvalue weighted by Crippen LogP contribution is -2.40. The first kappa shape index (κ1) is 18.5. The third-order valence-electron chi connectivity index (χ3n) is 5.91. The van der Waals surface area contributed by atoms with E-state index in [2.05, 4.69) is 0 Å². The van der Waals surface area contributed by atoms with Crippen molar-refractivity contribution in [2.24, 2.45) is 11.3 Å². The standard InChI is InChI=1S/C22H22FNO4/c23-17-5-2-6-18(12-17)28-14-15-3-1-4-16(11-15)20(25)24-9-7-22(8-10-24)13-19(22)21(26)27/h1-6,11-12,19H,7-10,13-14H2,(H,26,27). The zero-order valence-corrected chi connectivity index (χ0v) is 15.4. The van der Waals surface area contributed by atoms with Crippen LogP contribution in [-0.4, -0.2) is 35.0 Å². The second-order valence-corrected chi connectivity index (χ2v) is 7.70. The van der Waals surface area contributed by atoms with E-state index in [1.807, 2.05) is 12.1 Å². The van der Waals surface area contributed by atoms with E-state index in [9.17, 15) is 19.1 Å². The normalized spacial score (nSPS) is 20.0. The van der Waals surface area contributed by atoms with E-state index in [1.54, 1.807) is 29.2 Å². The number of ether oxygens (including phenoxy) is 1. The van der Waals surface area contributed by atoms with Crippen LogP contribution in [0.5, 0.6) is 5.75 Å². The van der Waals surface area contributed by atoms with Crippen molar-refractivity contribution >= 4 is 11.9 Å². The topological polar surface area (TPSA) is 66.8 Å². The van der Waals surface area contributed by atoms with Crippen LogP contribution < -0.4 is 4.74 Å². The van der Waals surface area contributed by atoms with Gasteiger partial charge in [0.25, 0.3) is 5.91 Å². The first-order valence-electron chi connectivity index (χ1n) is 9.46. The summed E-state index contributed by atoms with van der Waals surface area (Å²) in [5, 5.41) is 9.19. The summed E-state index contributed by atoms with van der Waals surface area (Å²) in [5.41, 5.74) is 1.32. The van der Waals surface area contributed by atoms with Crippen LogP contribution in [0.15, 0.2) is 48.5 Å². The Kier molecular flexibility index (Phi) is 4.79. The average Bonchev–Trinajstić information content (AvgIpc) is 3.40. The smallest absolute Gasteiger partial charge is 0.307 e. The summed E-state index contributed by atoms with van der Waals surface area (Å²) in [6.45, 7) is 1.42. The van der Waals surface area contributed by atoms with Crippen molar-refractivity contribution in [2.45, 2.75) is 25.9 Å². The second kappa shape index (κ2) is 7.26. The lowest BCUT2D eigenvalue weighted by atomic mass is 9.90. The number of carbonyl (C=O) groups excluding carboxylic acids is 1. The number of likely N-dealkylation sites (tertiary alicyclic amines) is 1. The molecule has 1 aliphatic carbocycles. The second-order valence-electron chi connectivity index (χ2n) is 7.70. The number of piperidine rings is 1. The number of halogens is 1. The number of nitrogens with zero attached hydrogens (tertiary/aromatic N) is 1. The number of hydrogen-bond acceptors (Lipinski definition) is 3. The summed E-state index contributed by atoms with van der Waals surface area (Å²) in [4.78, 5) is 25.8. The number of carbonyl (C=O) groups is 2. The molecule has 1 amide bonds. The van der Waals surface area contributed by atoms with Crippen molar-refractivity contribution in [3.8, 4) is 5.75 Å². The van der Waals surface area contributed by atoms with Crippen LogP contribution >= 0.6 is 0 Å². The van der Waals surface area contributed by atoms with Crippen molar-refractivity contribution in [1.29, 1.82) is 0 Å². The van der Waals surface area contributed by atoms with E-state index in [4.69, 9.17) is 4.74 Å². The number of carboxylic acid groups (broad SMARTS) is 1. The average molecular weight is 383 g/mol. The zero-order chi connectivity index (χ0) is 19.7. The molecule has 5 nitrogen and oxygen atoms in total. The van der Waals surface area contributed by atoms with Gasteiger partial charge in [0, 0.05) is 24.7 Å². The molecule has 2 aromatic rings. The Balaban J connectivity index is 1.36. The van der Waals surface area contributed by atoms with Crippen LogP contribution in [0.1, 0.15) is 35.2 Å². The molecular formula is C22H22FNO4. The fourth-order valence-corrected chi connectivity index (χ4v) is 4.10. The van der Waals surface area contributed by atoms with Gasteiger partial charge in [-0.3, -0.25) is 9.59 Å². The minimum atomic E-state index is -0.717. The van der Waals surface area contributed by atoms with Crippen molar-refractivity contribution in [2.75, 3.05) is 13.1 Å². The maximum absolute atomic E-state index is 13.2. The molecule has 2 aliphatic rings. The predicted molar refractivity (Wildman–Crippen MR) is 100 cm³/mol. The monoisotopic (exact) mass is 383 g/mol. The SMILES string of the molecule is O=C(O)C1CC12CCN(C(=O)c1cccc(COc3cccc(F)c3)c1)CC2. The van der Waals surface area contributed by atoms with Crippen LogP contribution in [0.2, 0.25) is 0 Å². The summed E-state index contributed by atoms with van der Waals surface area (Å²) >= 11 is 0. The highest BCUT2D eigenvalue weighted by Gasteiger charge is 2.59. The Hall–Kier alpha value is -2.89. The first-order valence-corrected chi connectivity index (χ1v) is 9.46. The van der Waals surface area contributed by atoms with Gasteiger partial charge in [-0.1, -0.05) is 18.2 Å². The molecule has 1 spiro atoms. The minimum absolute atomic E-state index is 0.0463. The summed E-state index contributed by atoms with van der Waals surface area (Å²) in [5.74, 6) is -0.922. The van der Waals surface area contributed by atoms with E-state index in [-0.39, 0.29) is 29.7 Å². The van der Waals surface area contributed by atoms with Crippen LogP contribution in [0, 0.1) is 17.2 Å². The Morgan fingerprint density at radius 2 is 1.89 bits per heavy atom. The fourth-order valence-electron chi connectivity index (χ4n) is 4.10. The van der Waals surface area contributed by atoms with Gasteiger partial charge < -0.3 is 14.7 Å². The third kappa shape index (κ3) is 3.72. The van der Waals surface area contributed by atoms with E-state index < -0.39 is 5.97 Å². The number of benzene rings is 2. The van der Waals surface area contributed by atoms with Crippen LogP contribution in [0.4, 0.5) is 4.39 Å². The number of amides is 1. The Labute approximate surface area is 162 Å². The Bertz CT molecular complexity index is 905. The largest absolute Gasteiger partial charge is 0.489 e. The number of aliphatic carboxylic acids is 1. The van der Waals surface area contributed by atoms with Crippen molar-refractivity contribution < 1.29 is 23.8 Å². The number of carboxylic acids is 1. The maximum Gasteiger partial charge on any atom is 0.307 e. The zero-order valence-electron chi connectivity index (χ0n) is 15.4. The summed E-state index contributed by atoms with van der Waals surface area (Å²) in [7, 11) is 0. The number of hydrogen-bond donors (Lipinski definition) is 1. The molecule has 2 aromatic carbocycles. The quantitative estimate of drug-likeness (QED) is 0.854. The highest BCUT2D eigenvalue weighted by Crippen LogP contribution is 2.59. The molecule has 0 aromatic heterocycles. The lowest BCUT2D eigenvalue weighted by molar-refractivity contribution is -0.139. The highest BCUT2D eigenvalue weighted by atomic mass is 19.1. The molecule has 2 fully saturated rings. The summed E-state index contributed by atoms with van der Waals surface area (Å²) in [6, 6.07) is 13.2. The van der Waals surface area contributed by atoms with Gasteiger partial charge in [0.15, 0.2) is 0 Å². The van der Waals surface area contributed by atoms with E-state index >= 15 is 0 Å². The third-order valence-corrected chi connectivity index (χ3v) is 5.91. The predicted octanol–water partition coefficient (Wildman–Crippen LogP) is 3.73. The molecule has 146 valence electrons. The van der Waals surface area contributed by atoms with Crippen LogP contribution in [-0.2, 0) is 11.4 Å². The van der Waals surface area contributed by atoms with E-state index in [0.29, 0.717) is 24.4 Å². The summed E-state index contributed by atoms with van der Waals surface area (Å²) < 4.78 is 18.8. The molecule has 0 radical (unpaired) electrons. The molecule has 1 N–H and O–H groups in total. The molecule has 1 aliphatic heterocycles. The molecule has 1 heterocycles. The van der Waals surface area contributed by atoms with Gasteiger partial charge in [-0.15, -0.1) is 0 Å². The van der Waals surface area contributed by atoms with Gasteiger partial charge in [-0.05, 0) is 54.5 Å². The fraction of sp³-hybridized carbons (Fsp3) is 0.364. The van der Waals surface area contributed by atoms with Gasteiger partial charge in [0.2, 0.25) is 0 Å². The first-order chi connectivity index (χ1) is 13.5. The van der Waals surface area contributed by atoms with Crippen molar-refractivity contribution in [3.63, 3.8) is 0 Å². The van der Waals surface area contributed by atoms with E-state index in [1.165, 1.54) is 12.1 Å². The van der Waals surface area contributed by atoms with Gasteiger partial charge in [0.05, 0.1) is 5.92 Å². The Morgan fingerprint density at radius 3 is 2.57 bits per heavy atom. The molecule has 1 saturated carbocycles. The van der Waals surface area contributed by atoms with Crippen molar-refractivity contribution in [1.82, 2.24) is 4.90 Å². The molecule has 28 heavy (non-hydrogen) atoms. The molecule has 6 heteroatoms. The Morgan fingerprint density at radius 1 is 1.14 bits per heavy atom. The van der Waals surface area contributed by atoms with Gasteiger partial charge >= 0.3 is 5.97 Å². The molecular weight excluding hydrogens is 361 g/mol. The molecule has 0 bridgehead atoms. The maximum atomic E-state index is 13.2. The van der Waals surface area contributed by atoms with Crippen LogP contribution in [0.25, 0.3) is 0 Å². The van der Waals surface area contributed by atoms with Gasteiger partial charge in [-0.2, -0.15) is 0 Å². The highest BCUT2D eigenvalue weighted by molar-refractivity contribution is 5.94. The molecule has 1 atom stereocenters. The minimum Gasteiger partial charge on any atom is -0.489 e. The van der Waals surface area contributed by atoms with Gasteiger partial charge in [-0.25, -0.2) is 4.39 Å². The molecule has 4 rings (SSSR count). The number of rotatable bonds is 5. The van der Waals surface area contributed by atoms with Crippen molar-refractivity contribution in [3.05, 3.63) is 65.5 Å². The molecule has 1 unspecified atom stereocenters. The molecule has 1 saturated heterocycles. The van der Waals surface area contributed by atoms with Gasteiger partial charge in [0.1, 0.15) is 18.2 Å².